The minimum absolute atomic E-state index is 0.140. The molecule has 0 heterocycles. The fourth-order valence-electron chi connectivity index (χ4n) is 1.65. The van der Waals surface area contributed by atoms with Gasteiger partial charge in [0.1, 0.15) is 0 Å². The number of hydrogen-bond acceptors (Lipinski definition) is 3. The Morgan fingerprint density at radius 2 is 1.18 bits per heavy atom. The zero-order chi connectivity index (χ0) is 12.9. The molecule has 1 aliphatic rings. The van der Waals surface area contributed by atoms with E-state index < -0.39 is 0 Å². The van der Waals surface area contributed by atoms with Gasteiger partial charge in [-0.15, -0.1) is 0 Å². The van der Waals surface area contributed by atoms with Gasteiger partial charge in [0.15, 0.2) is 0 Å². The van der Waals surface area contributed by atoms with Gasteiger partial charge in [0.2, 0.25) is 0 Å². The summed E-state index contributed by atoms with van der Waals surface area (Å²) in [6.07, 6.45) is 7.74. The summed E-state index contributed by atoms with van der Waals surface area (Å²) in [6.45, 7) is 6.28. The molecule has 3 nitrogen and oxygen atoms in total. The molecular formula is C14H30O3. The van der Waals surface area contributed by atoms with Gasteiger partial charge in [-0.25, -0.2) is 0 Å². The molecule has 0 bridgehead atoms. The smallest absolute Gasteiger partial charge is 0.0542 e. The Balaban J connectivity index is 0.000000302. The third kappa shape index (κ3) is 12.1. The molecular weight excluding hydrogens is 216 g/mol. The van der Waals surface area contributed by atoms with Gasteiger partial charge < -0.3 is 14.9 Å². The van der Waals surface area contributed by atoms with Crippen molar-refractivity contribution >= 4 is 0 Å². The van der Waals surface area contributed by atoms with E-state index in [0.29, 0.717) is 0 Å². The van der Waals surface area contributed by atoms with Crippen molar-refractivity contribution in [2.24, 2.45) is 0 Å². The van der Waals surface area contributed by atoms with Gasteiger partial charge >= 0.3 is 0 Å². The summed E-state index contributed by atoms with van der Waals surface area (Å²) in [4.78, 5) is 0. The van der Waals surface area contributed by atoms with Crippen molar-refractivity contribution in [2.75, 3.05) is 13.2 Å². The summed E-state index contributed by atoms with van der Waals surface area (Å²) < 4.78 is 5.31. The Hall–Kier alpha value is -0.120. The van der Waals surface area contributed by atoms with Gasteiger partial charge in [0.05, 0.1) is 12.2 Å². The normalized spacial score (nSPS) is 24.0. The molecule has 104 valence electrons. The molecule has 0 atom stereocenters. The maximum absolute atomic E-state index is 8.92. The minimum atomic E-state index is -0.140. The third-order valence-electron chi connectivity index (χ3n) is 2.95. The highest BCUT2D eigenvalue weighted by Gasteiger charge is 2.15. The first kappa shape index (κ1) is 16.9. The highest BCUT2D eigenvalue weighted by atomic mass is 16.5. The molecule has 0 aromatic carbocycles. The Bertz CT molecular complexity index is 126. The van der Waals surface area contributed by atoms with Crippen molar-refractivity contribution in [1.29, 1.82) is 0 Å². The van der Waals surface area contributed by atoms with Crippen LogP contribution in [0.4, 0.5) is 0 Å². The van der Waals surface area contributed by atoms with Gasteiger partial charge in [-0.3, -0.25) is 0 Å². The summed E-state index contributed by atoms with van der Waals surface area (Å²) in [5, 5.41) is 17.8. The Morgan fingerprint density at radius 3 is 1.47 bits per heavy atom. The van der Waals surface area contributed by atoms with Crippen molar-refractivity contribution in [3.63, 3.8) is 0 Å². The summed E-state index contributed by atoms with van der Waals surface area (Å²) in [5.41, 5.74) is 0. The van der Waals surface area contributed by atoms with E-state index in [0.717, 1.165) is 38.9 Å². The van der Waals surface area contributed by atoms with Crippen LogP contribution in [0.2, 0.25) is 0 Å². The molecule has 0 spiro atoms. The average molecular weight is 246 g/mol. The van der Waals surface area contributed by atoms with Crippen LogP contribution in [-0.4, -0.2) is 35.6 Å². The molecule has 2 N–H and O–H groups in total. The van der Waals surface area contributed by atoms with Crippen LogP contribution in [0, 0.1) is 0 Å². The van der Waals surface area contributed by atoms with Crippen molar-refractivity contribution in [3.05, 3.63) is 0 Å². The summed E-state index contributed by atoms with van der Waals surface area (Å²) in [7, 11) is 0. The van der Waals surface area contributed by atoms with Crippen LogP contribution in [-0.2, 0) is 4.74 Å². The maximum atomic E-state index is 8.92. The standard InChI is InChI=1S/C8H18O.C6H12O2/c1-3-5-7-9-8-6-4-2;7-5-1-2-6(8)4-3-5/h3-8H2,1-2H3;5-8H,1-4H2. The molecule has 17 heavy (non-hydrogen) atoms. The summed E-state index contributed by atoms with van der Waals surface area (Å²) >= 11 is 0. The molecule has 3 heteroatoms. The molecule has 0 aromatic heterocycles. The second kappa shape index (κ2) is 12.3. The van der Waals surface area contributed by atoms with Crippen LogP contribution < -0.4 is 0 Å². The predicted molar refractivity (Wildman–Crippen MR) is 71.1 cm³/mol. The maximum Gasteiger partial charge on any atom is 0.0542 e. The molecule has 1 aliphatic carbocycles. The number of rotatable bonds is 6. The molecule has 0 amide bonds. The largest absolute Gasteiger partial charge is 0.393 e. The first-order valence-electron chi connectivity index (χ1n) is 7.14. The summed E-state index contributed by atoms with van der Waals surface area (Å²) in [5.74, 6) is 0. The van der Waals surface area contributed by atoms with Crippen LogP contribution in [0.25, 0.3) is 0 Å². The molecule has 0 radical (unpaired) electrons. The molecule has 0 unspecified atom stereocenters. The molecule has 1 rings (SSSR count). The first-order valence-corrected chi connectivity index (χ1v) is 7.14. The van der Waals surface area contributed by atoms with Gasteiger partial charge in [0, 0.05) is 13.2 Å². The topological polar surface area (TPSA) is 49.7 Å². The van der Waals surface area contributed by atoms with E-state index in [-0.39, 0.29) is 12.2 Å². The Kier molecular flexibility index (Phi) is 12.3. The predicted octanol–water partition coefficient (Wildman–Crippen LogP) is 2.89. The van der Waals surface area contributed by atoms with Crippen LogP contribution >= 0.6 is 0 Å². The van der Waals surface area contributed by atoms with Gasteiger partial charge in [-0.2, -0.15) is 0 Å². The van der Waals surface area contributed by atoms with Crippen molar-refractivity contribution < 1.29 is 14.9 Å². The zero-order valence-electron chi connectivity index (χ0n) is 11.5. The lowest BCUT2D eigenvalue weighted by Crippen LogP contribution is -2.21. The highest BCUT2D eigenvalue weighted by Crippen LogP contribution is 2.17. The van der Waals surface area contributed by atoms with Gasteiger partial charge in [0.25, 0.3) is 0 Å². The fourth-order valence-corrected chi connectivity index (χ4v) is 1.65. The van der Waals surface area contributed by atoms with Crippen LogP contribution in [0.1, 0.15) is 65.2 Å². The number of aliphatic hydroxyl groups excluding tert-OH is 2. The van der Waals surface area contributed by atoms with E-state index >= 15 is 0 Å². The van der Waals surface area contributed by atoms with Crippen molar-refractivity contribution in [2.45, 2.75) is 77.4 Å². The molecule has 1 fully saturated rings. The van der Waals surface area contributed by atoms with E-state index in [4.69, 9.17) is 14.9 Å². The zero-order valence-corrected chi connectivity index (χ0v) is 11.5. The quantitative estimate of drug-likeness (QED) is 0.709. The second-order valence-corrected chi connectivity index (χ2v) is 4.78. The number of hydrogen-bond donors (Lipinski definition) is 2. The van der Waals surface area contributed by atoms with E-state index in [2.05, 4.69) is 13.8 Å². The van der Waals surface area contributed by atoms with Crippen molar-refractivity contribution in [1.82, 2.24) is 0 Å². The van der Waals surface area contributed by atoms with Gasteiger partial charge in [-0.05, 0) is 38.5 Å². The lowest BCUT2D eigenvalue weighted by atomic mass is 9.95. The van der Waals surface area contributed by atoms with Crippen molar-refractivity contribution in [3.8, 4) is 0 Å². The van der Waals surface area contributed by atoms with E-state index in [1.165, 1.54) is 25.7 Å². The van der Waals surface area contributed by atoms with Gasteiger partial charge in [-0.1, -0.05) is 26.7 Å². The Labute approximate surface area is 106 Å². The molecule has 0 saturated heterocycles. The Morgan fingerprint density at radius 1 is 0.824 bits per heavy atom. The molecule has 1 saturated carbocycles. The van der Waals surface area contributed by atoms with E-state index in [1.54, 1.807) is 0 Å². The molecule has 0 aromatic rings. The second-order valence-electron chi connectivity index (χ2n) is 4.78. The third-order valence-corrected chi connectivity index (χ3v) is 2.95. The number of aliphatic hydroxyl groups is 2. The number of unbranched alkanes of at least 4 members (excludes halogenated alkanes) is 2. The highest BCUT2D eigenvalue weighted by molar-refractivity contribution is 4.69. The minimum Gasteiger partial charge on any atom is -0.393 e. The fraction of sp³-hybridized carbons (Fsp3) is 1.00. The lowest BCUT2D eigenvalue weighted by molar-refractivity contribution is 0.0541. The van der Waals surface area contributed by atoms with E-state index in [1.807, 2.05) is 0 Å². The van der Waals surface area contributed by atoms with E-state index in [9.17, 15) is 0 Å². The van der Waals surface area contributed by atoms with Crippen LogP contribution in [0.5, 0.6) is 0 Å². The lowest BCUT2D eigenvalue weighted by Gasteiger charge is -2.20. The van der Waals surface area contributed by atoms with Crippen LogP contribution in [0.15, 0.2) is 0 Å². The van der Waals surface area contributed by atoms with Crippen LogP contribution in [0.3, 0.4) is 0 Å². The number of ether oxygens (including phenoxy) is 1. The summed E-state index contributed by atoms with van der Waals surface area (Å²) in [6, 6.07) is 0. The monoisotopic (exact) mass is 246 g/mol. The molecule has 0 aliphatic heterocycles. The average Bonchev–Trinajstić information content (AvgIpc) is 2.34. The first-order chi connectivity index (χ1) is 8.20. The SMILES string of the molecule is CCCCOCCCC.OC1CCC(O)CC1.